The van der Waals surface area contributed by atoms with Crippen LogP contribution >= 0.6 is 0 Å². The second-order valence-corrected chi connectivity index (χ2v) is 22.9. The molecule has 0 radical (unpaired) electrons. The molecule has 0 unspecified atom stereocenters. The van der Waals surface area contributed by atoms with E-state index in [2.05, 4.69) is 245 Å². The fourth-order valence-electron chi connectivity index (χ4n) is 10.8. The van der Waals surface area contributed by atoms with Gasteiger partial charge in [-0.2, -0.15) is 12.1 Å². The maximum atomic E-state index is 6.78. The molecule has 1 aliphatic rings. The second kappa shape index (κ2) is 19.8. The Bertz CT molecular complexity index is 3480. The molecule has 1 aliphatic heterocycles. The molecule has 10 rings (SSSR count). The summed E-state index contributed by atoms with van der Waals surface area (Å²) < 4.78 is 9.05. The number of anilines is 4. The Morgan fingerprint density at radius 3 is 1.85 bits per heavy atom. The molecule has 0 N–H and O–H groups in total. The van der Waals surface area contributed by atoms with Crippen molar-refractivity contribution in [1.82, 2.24) is 9.55 Å². The largest absolute Gasteiger partial charge is 0.509 e. The van der Waals surface area contributed by atoms with Gasteiger partial charge < -0.3 is 19.1 Å². The van der Waals surface area contributed by atoms with Crippen LogP contribution in [0.4, 0.5) is 22.7 Å². The molecule has 5 nitrogen and oxygen atoms in total. The molecule has 0 saturated carbocycles. The van der Waals surface area contributed by atoms with Gasteiger partial charge in [-0.3, -0.25) is 0 Å². The molecule has 0 saturated heterocycles. The van der Waals surface area contributed by atoms with Gasteiger partial charge in [-0.1, -0.05) is 149 Å². The van der Waals surface area contributed by atoms with E-state index >= 15 is 0 Å². The average Bonchev–Trinajstić information content (AvgIpc) is 3.89. The predicted octanol–water partition coefficient (Wildman–Crippen LogP) is 18.9. The van der Waals surface area contributed by atoms with Gasteiger partial charge in [0.2, 0.25) is 0 Å². The number of nitrogens with zero attached hydrogens (tertiary/aromatic N) is 4. The van der Waals surface area contributed by atoms with E-state index in [1.165, 1.54) is 61.0 Å². The van der Waals surface area contributed by atoms with E-state index in [9.17, 15) is 0 Å². The molecule has 3 heterocycles. The second-order valence-electron chi connectivity index (χ2n) is 22.9. The van der Waals surface area contributed by atoms with E-state index in [-0.39, 0.29) is 31.9 Å². The standard InChI is InChI=1S/C67H69N4O.Pt/c1-41(2)48-35-55(42(3)4)64(56(36-48)43(5)6)46-20-17-21-50(34-46)69-40-70(59-26-16-15-25-58(59)69)51-22-18-23-52(38-51)72-53-28-29-54-61(39-53)71(60-27-19-24-57(65(54)60)67(12,13)14)62-37-47(30-31-68-62)63-44(7)32-49(33-45(63)8)66(9,10)11;/h15-37,40-43H,1-14H3;/q-3;. The molecule has 0 aliphatic carbocycles. The summed E-state index contributed by atoms with van der Waals surface area (Å²) in [5.74, 6) is 3.27. The Hall–Kier alpha value is -6.42. The SMILES string of the molecule is Cc1cc(C(C)(C)C)cc(C)c1-c1ccnc(-n2c3[c-]c(Oc4[c-]c(N5[CH-]N(c6cccc(-c7c(C(C)C)cc(C(C)C)cc7C(C)C)c6)c6ccccc65)ccc4)ccc3c3c(C(C)(C)C)cccc32)c1.[Pt]. The summed E-state index contributed by atoms with van der Waals surface area (Å²) in [6, 6.07) is 55.9. The van der Waals surface area contributed by atoms with Gasteiger partial charge in [0.1, 0.15) is 5.82 Å². The van der Waals surface area contributed by atoms with Crippen LogP contribution in [0.5, 0.6) is 11.5 Å². The van der Waals surface area contributed by atoms with E-state index < -0.39 is 0 Å². The van der Waals surface area contributed by atoms with Crippen molar-refractivity contribution in [1.29, 1.82) is 0 Å². The van der Waals surface area contributed by atoms with Gasteiger partial charge in [-0.15, -0.1) is 48.1 Å². The van der Waals surface area contributed by atoms with Crippen molar-refractivity contribution in [3.8, 4) is 39.6 Å². The minimum atomic E-state index is -0.0979. The Morgan fingerprint density at radius 1 is 0.575 bits per heavy atom. The Labute approximate surface area is 449 Å². The first kappa shape index (κ1) is 51.5. The fraction of sp³-hybridized carbons (Fsp3) is 0.284. The fourth-order valence-corrected chi connectivity index (χ4v) is 10.8. The van der Waals surface area contributed by atoms with Crippen LogP contribution in [0.2, 0.25) is 0 Å². The van der Waals surface area contributed by atoms with Crippen molar-refractivity contribution < 1.29 is 25.8 Å². The minimum absolute atomic E-state index is 0. The summed E-state index contributed by atoms with van der Waals surface area (Å²) in [6.07, 6.45) is 1.94. The molecular weight excluding hydrogens is 1070 g/mol. The number of aromatic nitrogens is 2. The van der Waals surface area contributed by atoms with E-state index in [1.807, 2.05) is 24.4 Å². The average molecular weight is 1140 g/mol. The molecule has 0 atom stereocenters. The van der Waals surface area contributed by atoms with Crippen LogP contribution in [0.1, 0.15) is 140 Å². The monoisotopic (exact) mass is 1140 g/mol. The van der Waals surface area contributed by atoms with E-state index in [4.69, 9.17) is 9.72 Å². The molecule has 6 heteroatoms. The molecular formula is C67H69N4OPt-3. The molecule has 7 aromatic carbocycles. The number of hydrogen-bond donors (Lipinski definition) is 0. The molecule has 0 amide bonds. The molecule has 0 spiro atoms. The van der Waals surface area contributed by atoms with Gasteiger partial charge in [-0.05, 0) is 151 Å². The molecule has 376 valence electrons. The van der Waals surface area contributed by atoms with Crippen LogP contribution in [0.3, 0.4) is 0 Å². The zero-order chi connectivity index (χ0) is 51.0. The molecule has 9 aromatic rings. The van der Waals surface area contributed by atoms with Crippen LogP contribution in [0.25, 0.3) is 49.9 Å². The normalized spacial score (nSPS) is 12.9. The van der Waals surface area contributed by atoms with Gasteiger partial charge in [0.15, 0.2) is 0 Å². The zero-order valence-electron chi connectivity index (χ0n) is 45.1. The maximum Gasteiger partial charge on any atom is 0.136 e. The van der Waals surface area contributed by atoms with Crippen molar-refractivity contribution in [2.45, 2.75) is 126 Å². The van der Waals surface area contributed by atoms with Crippen molar-refractivity contribution in [2.75, 3.05) is 9.80 Å². The third-order valence-corrected chi connectivity index (χ3v) is 14.6. The quantitative estimate of drug-likeness (QED) is 0.128. The summed E-state index contributed by atoms with van der Waals surface area (Å²) in [4.78, 5) is 9.57. The van der Waals surface area contributed by atoms with Gasteiger partial charge in [0, 0.05) is 61.3 Å². The van der Waals surface area contributed by atoms with Crippen LogP contribution in [0.15, 0.2) is 140 Å². The van der Waals surface area contributed by atoms with E-state index in [0.29, 0.717) is 29.3 Å². The minimum Gasteiger partial charge on any atom is -0.509 e. The summed E-state index contributed by atoms with van der Waals surface area (Å²) in [6.45, 7) is 34.2. The van der Waals surface area contributed by atoms with Crippen molar-refractivity contribution in [3.05, 3.63) is 197 Å². The van der Waals surface area contributed by atoms with Crippen LogP contribution in [-0.2, 0) is 31.9 Å². The number of ether oxygens (including phenoxy) is 1. The van der Waals surface area contributed by atoms with Gasteiger partial charge >= 0.3 is 0 Å². The van der Waals surface area contributed by atoms with Crippen molar-refractivity contribution in [2.24, 2.45) is 0 Å². The zero-order valence-corrected chi connectivity index (χ0v) is 47.4. The third-order valence-electron chi connectivity index (χ3n) is 14.6. The van der Waals surface area contributed by atoms with Crippen LogP contribution < -0.4 is 14.5 Å². The number of para-hydroxylation sites is 2. The number of hydrogen-bond acceptors (Lipinski definition) is 4. The summed E-state index contributed by atoms with van der Waals surface area (Å²) in [7, 11) is 0. The molecule has 73 heavy (non-hydrogen) atoms. The first-order chi connectivity index (χ1) is 34.3. The Balaban J connectivity index is 0.00000656. The first-order valence-corrected chi connectivity index (χ1v) is 25.9. The number of fused-ring (bicyclic) bond motifs is 4. The van der Waals surface area contributed by atoms with Gasteiger partial charge in [0.25, 0.3) is 0 Å². The maximum absolute atomic E-state index is 6.78. The van der Waals surface area contributed by atoms with Crippen molar-refractivity contribution >= 4 is 44.6 Å². The summed E-state index contributed by atoms with van der Waals surface area (Å²) >= 11 is 0. The van der Waals surface area contributed by atoms with Gasteiger partial charge in [0.05, 0.1) is 0 Å². The van der Waals surface area contributed by atoms with E-state index in [0.717, 1.165) is 50.6 Å². The predicted molar refractivity (Wildman–Crippen MR) is 304 cm³/mol. The molecule has 0 bridgehead atoms. The number of benzene rings is 7. The number of aryl methyl sites for hydroxylation is 2. The van der Waals surface area contributed by atoms with Crippen LogP contribution in [0, 0.1) is 32.6 Å². The Morgan fingerprint density at radius 2 is 1.21 bits per heavy atom. The van der Waals surface area contributed by atoms with Crippen molar-refractivity contribution in [3.63, 3.8) is 0 Å². The third kappa shape index (κ3) is 9.67. The molecule has 0 fully saturated rings. The number of rotatable bonds is 10. The smallest absolute Gasteiger partial charge is 0.136 e. The van der Waals surface area contributed by atoms with Gasteiger partial charge in [-0.25, -0.2) is 4.98 Å². The molecule has 2 aromatic heterocycles. The Kier molecular flexibility index (Phi) is 14.0. The first-order valence-electron chi connectivity index (χ1n) is 25.9. The topological polar surface area (TPSA) is 33.5 Å². The van der Waals surface area contributed by atoms with Crippen LogP contribution in [-0.4, -0.2) is 9.55 Å². The number of pyridine rings is 1. The summed E-state index contributed by atoms with van der Waals surface area (Å²) in [5.41, 5.74) is 20.4. The van der Waals surface area contributed by atoms with E-state index in [1.54, 1.807) is 0 Å². The summed E-state index contributed by atoms with van der Waals surface area (Å²) in [5, 5.41) is 2.31.